The number of benzene rings is 1. The first-order valence-corrected chi connectivity index (χ1v) is 12.2. The predicted molar refractivity (Wildman–Crippen MR) is 109 cm³/mol. The maximum atomic E-state index is 14.1. The third kappa shape index (κ3) is 7.14. The van der Waals surface area contributed by atoms with Crippen LogP contribution in [0, 0.1) is 17.9 Å². The lowest BCUT2D eigenvalue weighted by molar-refractivity contribution is 0.466. The molecule has 0 saturated carbocycles. The normalized spacial score (nSPS) is 16.5. The second-order valence-electron chi connectivity index (χ2n) is 7.35. The Morgan fingerprint density at radius 1 is 0.958 bits per heavy atom. The van der Waals surface area contributed by atoms with Crippen molar-refractivity contribution >= 4 is 12.4 Å². The Kier molecular flexibility index (Phi) is 10.7. The van der Waals surface area contributed by atoms with Crippen molar-refractivity contribution in [3.8, 4) is 0 Å². The van der Waals surface area contributed by atoms with E-state index in [1.54, 1.807) is 0 Å². The zero-order valence-corrected chi connectivity index (χ0v) is 17.3. The highest BCUT2D eigenvalue weighted by Crippen LogP contribution is 2.50. The minimum Gasteiger partial charge on any atom is -0.319 e. The Labute approximate surface area is 151 Å². The van der Waals surface area contributed by atoms with Gasteiger partial charge in [-0.1, -0.05) is 97.3 Å². The third-order valence-corrected chi connectivity index (χ3v) is 8.79. The molecule has 0 aliphatic carbocycles. The maximum Gasteiger partial charge on any atom is 0.116 e. The van der Waals surface area contributed by atoms with Gasteiger partial charge in [-0.05, 0) is 24.0 Å². The van der Waals surface area contributed by atoms with Crippen LogP contribution in [0.4, 0.5) is 0 Å². The third-order valence-electron chi connectivity index (χ3n) is 5.35. The Bertz CT molecular complexity index is 446. The first-order chi connectivity index (χ1) is 11.6. The van der Waals surface area contributed by atoms with Crippen molar-refractivity contribution in [3.63, 3.8) is 0 Å². The van der Waals surface area contributed by atoms with E-state index in [2.05, 4.69) is 39.8 Å². The summed E-state index contributed by atoms with van der Waals surface area (Å²) in [6.07, 6.45) is 11.5. The van der Waals surface area contributed by atoms with Crippen LogP contribution in [0.2, 0.25) is 0 Å². The number of unbranched alkanes of at least 4 members (excludes halogenated alkanes) is 2. The van der Waals surface area contributed by atoms with Crippen LogP contribution in [0.3, 0.4) is 0 Å². The van der Waals surface area contributed by atoms with Crippen LogP contribution >= 0.6 is 7.14 Å². The summed E-state index contributed by atoms with van der Waals surface area (Å²) in [4.78, 5) is 0. The van der Waals surface area contributed by atoms with E-state index < -0.39 is 7.14 Å². The highest BCUT2D eigenvalue weighted by Gasteiger charge is 2.30. The van der Waals surface area contributed by atoms with Gasteiger partial charge in [0.25, 0.3) is 0 Å². The standard InChI is InChI=1S/C22H38OP/c1-5-9-14-20(7-3)18-24(23,22-16-12-11-13-17-22)19-21(8-4)15-10-6-2/h11-12,16-17,20-21H,5-10,14-15,18-19H2,1-4H3. The molecule has 0 bridgehead atoms. The van der Waals surface area contributed by atoms with Crippen molar-refractivity contribution in [2.45, 2.75) is 79.1 Å². The zero-order valence-electron chi connectivity index (χ0n) is 16.4. The van der Waals surface area contributed by atoms with Gasteiger partial charge in [0, 0.05) is 17.6 Å². The smallest absolute Gasteiger partial charge is 0.116 e. The monoisotopic (exact) mass is 349 g/mol. The minimum atomic E-state index is -2.33. The van der Waals surface area contributed by atoms with Crippen molar-refractivity contribution in [2.75, 3.05) is 12.3 Å². The van der Waals surface area contributed by atoms with Crippen molar-refractivity contribution in [3.05, 3.63) is 30.3 Å². The molecule has 1 rings (SSSR count). The van der Waals surface area contributed by atoms with E-state index >= 15 is 0 Å². The number of hydrogen-bond donors (Lipinski definition) is 0. The van der Waals surface area contributed by atoms with Gasteiger partial charge in [0.15, 0.2) is 0 Å². The van der Waals surface area contributed by atoms with Crippen molar-refractivity contribution < 1.29 is 4.57 Å². The quantitative estimate of drug-likeness (QED) is 0.354. The van der Waals surface area contributed by atoms with Gasteiger partial charge in [-0.25, -0.2) is 0 Å². The van der Waals surface area contributed by atoms with Crippen LogP contribution in [0.1, 0.15) is 79.1 Å². The molecule has 0 amide bonds. The second-order valence-corrected chi connectivity index (χ2v) is 10.4. The van der Waals surface area contributed by atoms with Gasteiger partial charge in [0.05, 0.1) is 0 Å². The largest absolute Gasteiger partial charge is 0.319 e. The van der Waals surface area contributed by atoms with Gasteiger partial charge < -0.3 is 4.57 Å². The van der Waals surface area contributed by atoms with Gasteiger partial charge in [0.1, 0.15) is 7.14 Å². The fourth-order valence-electron chi connectivity index (χ4n) is 3.59. The number of rotatable bonds is 13. The summed E-state index contributed by atoms with van der Waals surface area (Å²) in [6, 6.07) is 11.1. The predicted octanol–water partition coefficient (Wildman–Crippen LogP) is 6.91. The van der Waals surface area contributed by atoms with Crippen molar-refractivity contribution in [1.29, 1.82) is 0 Å². The molecule has 0 heterocycles. The lowest BCUT2D eigenvalue weighted by Gasteiger charge is -2.27. The highest BCUT2D eigenvalue weighted by molar-refractivity contribution is 7.71. The fourth-order valence-corrected chi connectivity index (χ4v) is 7.38. The van der Waals surface area contributed by atoms with Crippen LogP contribution in [0.25, 0.3) is 0 Å². The van der Waals surface area contributed by atoms with Gasteiger partial charge in [-0.2, -0.15) is 0 Å². The Hall–Kier alpha value is -0.550. The molecule has 1 aromatic carbocycles. The van der Waals surface area contributed by atoms with E-state index in [0.717, 1.165) is 30.5 Å². The second kappa shape index (κ2) is 11.9. The van der Waals surface area contributed by atoms with E-state index in [1.807, 2.05) is 18.2 Å². The lowest BCUT2D eigenvalue weighted by Crippen LogP contribution is -2.20. The summed E-state index contributed by atoms with van der Waals surface area (Å²) in [6.45, 7) is 9.01. The van der Waals surface area contributed by atoms with E-state index in [1.165, 1.54) is 38.5 Å². The summed E-state index contributed by atoms with van der Waals surface area (Å²) in [5, 5.41) is 1.06. The average molecular weight is 350 g/mol. The lowest BCUT2D eigenvalue weighted by atomic mass is 10.0. The molecule has 137 valence electrons. The summed E-state index contributed by atoms with van der Waals surface area (Å²) in [7, 11) is -2.33. The molecule has 2 unspecified atom stereocenters. The van der Waals surface area contributed by atoms with Gasteiger partial charge >= 0.3 is 0 Å². The number of hydrogen-bond acceptors (Lipinski definition) is 1. The zero-order chi connectivity index (χ0) is 17.8. The average Bonchev–Trinajstić information content (AvgIpc) is 2.62. The van der Waals surface area contributed by atoms with Crippen LogP contribution in [0.15, 0.2) is 24.3 Å². The topological polar surface area (TPSA) is 17.1 Å². The molecule has 0 spiro atoms. The summed E-state index contributed by atoms with van der Waals surface area (Å²) in [5.41, 5.74) is 0. The Balaban J connectivity index is 2.96. The Morgan fingerprint density at radius 3 is 1.88 bits per heavy atom. The molecule has 2 heteroatoms. The van der Waals surface area contributed by atoms with Crippen molar-refractivity contribution in [2.24, 2.45) is 11.8 Å². The van der Waals surface area contributed by atoms with Crippen LogP contribution in [-0.4, -0.2) is 12.3 Å². The van der Waals surface area contributed by atoms with E-state index in [-0.39, 0.29) is 0 Å². The molecule has 2 atom stereocenters. The SMILES string of the molecule is CCCCC(CC)CP(=O)(CC(CC)CCCC)c1c[c]ccc1. The first-order valence-electron chi connectivity index (χ1n) is 10.1. The molecule has 1 aromatic rings. The molecule has 0 aliphatic rings. The highest BCUT2D eigenvalue weighted by atomic mass is 31.2. The maximum absolute atomic E-state index is 14.1. The molecule has 0 aromatic heterocycles. The van der Waals surface area contributed by atoms with Crippen LogP contribution in [0.5, 0.6) is 0 Å². The molecular formula is C22H38OP. The van der Waals surface area contributed by atoms with Gasteiger partial charge in [-0.3, -0.25) is 0 Å². The first kappa shape index (κ1) is 21.5. The molecule has 24 heavy (non-hydrogen) atoms. The molecule has 0 saturated heterocycles. The van der Waals surface area contributed by atoms with Crippen molar-refractivity contribution in [1.82, 2.24) is 0 Å². The van der Waals surface area contributed by atoms with Crippen LogP contribution < -0.4 is 5.30 Å². The van der Waals surface area contributed by atoms with E-state index in [4.69, 9.17) is 0 Å². The van der Waals surface area contributed by atoms with Crippen LogP contribution in [-0.2, 0) is 4.57 Å². The summed E-state index contributed by atoms with van der Waals surface area (Å²) >= 11 is 0. The van der Waals surface area contributed by atoms with E-state index in [9.17, 15) is 4.57 Å². The molecule has 1 nitrogen and oxygen atoms in total. The minimum absolute atomic E-state index is 0.597. The Morgan fingerprint density at radius 2 is 1.50 bits per heavy atom. The molecule has 0 fully saturated rings. The molecule has 1 radical (unpaired) electrons. The molecule has 0 aliphatic heterocycles. The van der Waals surface area contributed by atoms with Gasteiger partial charge in [0.2, 0.25) is 0 Å². The molecular weight excluding hydrogens is 311 g/mol. The fraction of sp³-hybridized carbons (Fsp3) is 0.727. The molecule has 0 N–H and O–H groups in total. The van der Waals surface area contributed by atoms with E-state index in [0.29, 0.717) is 11.8 Å². The summed E-state index contributed by atoms with van der Waals surface area (Å²) in [5.74, 6) is 1.19. The van der Waals surface area contributed by atoms with Gasteiger partial charge in [-0.15, -0.1) is 0 Å². The summed E-state index contributed by atoms with van der Waals surface area (Å²) < 4.78 is 14.1.